The molecule has 0 saturated carbocycles. The molecule has 1 saturated heterocycles. The third-order valence-corrected chi connectivity index (χ3v) is 4.01. The van der Waals surface area contributed by atoms with Crippen LogP contribution in [0.5, 0.6) is 0 Å². The second-order valence-corrected chi connectivity index (χ2v) is 6.44. The van der Waals surface area contributed by atoms with Crippen LogP contribution in [0.1, 0.15) is 20.8 Å². The first kappa shape index (κ1) is 13.4. The van der Waals surface area contributed by atoms with Crippen molar-refractivity contribution < 1.29 is 4.39 Å². The maximum atomic E-state index is 13.8. The molecule has 0 radical (unpaired) electrons. The van der Waals surface area contributed by atoms with Crippen molar-refractivity contribution in [2.75, 3.05) is 29.9 Å². The number of anilines is 2. The van der Waals surface area contributed by atoms with E-state index in [0.29, 0.717) is 22.3 Å². The van der Waals surface area contributed by atoms with Gasteiger partial charge in [0.2, 0.25) is 5.95 Å². The molecule has 0 amide bonds. The SMILES string of the molecule is CCNc1ncc(F)c(N2CC(C)SC(C)C2)n1. The van der Waals surface area contributed by atoms with E-state index in [4.69, 9.17) is 0 Å². The number of rotatable bonds is 3. The number of nitrogens with zero attached hydrogens (tertiary/aromatic N) is 3. The van der Waals surface area contributed by atoms with Gasteiger partial charge in [0, 0.05) is 30.1 Å². The largest absolute Gasteiger partial charge is 0.354 e. The topological polar surface area (TPSA) is 41.1 Å². The van der Waals surface area contributed by atoms with Crippen LogP contribution in [-0.2, 0) is 0 Å². The Labute approximate surface area is 111 Å². The minimum Gasteiger partial charge on any atom is -0.354 e. The van der Waals surface area contributed by atoms with E-state index < -0.39 is 0 Å². The summed E-state index contributed by atoms with van der Waals surface area (Å²) in [6.07, 6.45) is 1.25. The molecule has 1 aromatic heterocycles. The Kier molecular flexibility index (Phi) is 4.27. The highest BCUT2D eigenvalue weighted by atomic mass is 32.2. The molecule has 100 valence electrons. The van der Waals surface area contributed by atoms with Gasteiger partial charge in [0.05, 0.1) is 6.20 Å². The molecule has 1 fully saturated rings. The van der Waals surface area contributed by atoms with Crippen molar-refractivity contribution in [2.24, 2.45) is 0 Å². The molecule has 18 heavy (non-hydrogen) atoms. The third kappa shape index (κ3) is 3.04. The predicted molar refractivity (Wildman–Crippen MR) is 74.9 cm³/mol. The van der Waals surface area contributed by atoms with Gasteiger partial charge in [-0.2, -0.15) is 16.7 Å². The Morgan fingerprint density at radius 3 is 2.72 bits per heavy atom. The number of halogens is 1. The first-order valence-electron chi connectivity index (χ1n) is 6.27. The van der Waals surface area contributed by atoms with Crippen LogP contribution in [0.25, 0.3) is 0 Å². The van der Waals surface area contributed by atoms with Crippen LogP contribution < -0.4 is 10.2 Å². The van der Waals surface area contributed by atoms with E-state index in [9.17, 15) is 4.39 Å². The second-order valence-electron chi connectivity index (χ2n) is 4.56. The summed E-state index contributed by atoms with van der Waals surface area (Å²) in [4.78, 5) is 10.2. The van der Waals surface area contributed by atoms with Crippen LogP contribution in [0.2, 0.25) is 0 Å². The van der Waals surface area contributed by atoms with Crippen LogP contribution in [0.3, 0.4) is 0 Å². The zero-order valence-electron chi connectivity index (χ0n) is 11.0. The van der Waals surface area contributed by atoms with Crippen LogP contribution in [0, 0.1) is 5.82 Å². The fourth-order valence-corrected chi connectivity index (χ4v) is 3.50. The van der Waals surface area contributed by atoms with Crippen molar-refractivity contribution in [2.45, 2.75) is 31.3 Å². The lowest BCUT2D eigenvalue weighted by Gasteiger charge is -2.35. The Hall–Kier alpha value is -1.04. The summed E-state index contributed by atoms with van der Waals surface area (Å²) >= 11 is 1.94. The van der Waals surface area contributed by atoms with Gasteiger partial charge in [-0.1, -0.05) is 13.8 Å². The van der Waals surface area contributed by atoms with Crippen molar-refractivity contribution in [3.05, 3.63) is 12.0 Å². The van der Waals surface area contributed by atoms with Crippen molar-refractivity contribution in [1.29, 1.82) is 0 Å². The van der Waals surface area contributed by atoms with Gasteiger partial charge >= 0.3 is 0 Å². The van der Waals surface area contributed by atoms with E-state index in [0.717, 1.165) is 19.6 Å². The lowest BCUT2D eigenvalue weighted by Crippen LogP contribution is -2.41. The first-order valence-corrected chi connectivity index (χ1v) is 7.21. The van der Waals surface area contributed by atoms with Crippen LogP contribution in [0.15, 0.2) is 6.20 Å². The quantitative estimate of drug-likeness (QED) is 0.913. The minimum absolute atomic E-state index is 0.344. The lowest BCUT2D eigenvalue weighted by atomic mass is 10.3. The Bertz CT molecular complexity index is 405. The zero-order chi connectivity index (χ0) is 13.1. The number of hydrogen-bond donors (Lipinski definition) is 1. The summed E-state index contributed by atoms with van der Waals surface area (Å²) < 4.78 is 13.8. The molecule has 2 heterocycles. The minimum atomic E-state index is -0.344. The second kappa shape index (κ2) is 5.73. The third-order valence-electron chi connectivity index (χ3n) is 2.78. The van der Waals surface area contributed by atoms with E-state index in [2.05, 4.69) is 29.1 Å². The van der Waals surface area contributed by atoms with Crippen molar-refractivity contribution in [3.8, 4) is 0 Å². The van der Waals surface area contributed by atoms with E-state index in [1.54, 1.807) is 0 Å². The van der Waals surface area contributed by atoms with Gasteiger partial charge in [-0.05, 0) is 6.92 Å². The smallest absolute Gasteiger partial charge is 0.224 e. The van der Waals surface area contributed by atoms with Crippen LogP contribution in [-0.4, -0.2) is 40.1 Å². The summed E-state index contributed by atoms with van der Waals surface area (Å²) in [6, 6.07) is 0. The standard InChI is InChI=1S/C12H19FN4S/c1-4-14-12-15-5-10(13)11(16-12)17-6-8(2)18-9(3)7-17/h5,8-9H,4,6-7H2,1-3H3,(H,14,15,16). The van der Waals surface area contributed by atoms with Crippen molar-refractivity contribution in [3.63, 3.8) is 0 Å². The number of nitrogens with one attached hydrogen (secondary N) is 1. The van der Waals surface area contributed by atoms with Gasteiger partial charge in [0.1, 0.15) is 0 Å². The van der Waals surface area contributed by atoms with E-state index in [1.165, 1.54) is 6.20 Å². The molecule has 1 aromatic rings. The number of hydrogen-bond acceptors (Lipinski definition) is 5. The fraction of sp³-hybridized carbons (Fsp3) is 0.667. The van der Waals surface area contributed by atoms with Gasteiger partial charge in [-0.15, -0.1) is 0 Å². The van der Waals surface area contributed by atoms with Crippen molar-refractivity contribution in [1.82, 2.24) is 9.97 Å². The predicted octanol–water partition coefficient (Wildman–Crippen LogP) is 2.38. The van der Waals surface area contributed by atoms with E-state index in [-0.39, 0.29) is 5.82 Å². The molecule has 2 rings (SSSR count). The van der Waals surface area contributed by atoms with Crippen LogP contribution in [0.4, 0.5) is 16.2 Å². The van der Waals surface area contributed by atoms with Crippen molar-refractivity contribution >= 4 is 23.5 Å². The van der Waals surface area contributed by atoms with E-state index in [1.807, 2.05) is 23.6 Å². The maximum Gasteiger partial charge on any atom is 0.224 e. The Balaban J connectivity index is 2.22. The first-order chi connectivity index (χ1) is 8.60. The highest BCUT2D eigenvalue weighted by Crippen LogP contribution is 2.29. The summed E-state index contributed by atoms with van der Waals surface area (Å²) in [7, 11) is 0. The molecule has 0 aromatic carbocycles. The molecule has 1 aliphatic rings. The van der Waals surface area contributed by atoms with Gasteiger partial charge in [0.25, 0.3) is 0 Å². The van der Waals surface area contributed by atoms with Gasteiger partial charge in [-0.25, -0.2) is 9.37 Å². The number of thioether (sulfide) groups is 1. The fourth-order valence-electron chi connectivity index (χ4n) is 2.17. The average molecular weight is 270 g/mol. The van der Waals surface area contributed by atoms with Gasteiger partial charge in [0.15, 0.2) is 11.6 Å². The maximum absolute atomic E-state index is 13.8. The molecule has 2 atom stereocenters. The summed E-state index contributed by atoms with van der Waals surface area (Å²) in [6.45, 7) is 8.68. The molecule has 0 spiro atoms. The molecule has 4 nitrogen and oxygen atoms in total. The summed E-state index contributed by atoms with van der Waals surface area (Å²) in [5, 5.41) is 4.00. The highest BCUT2D eigenvalue weighted by molar-refractivity contribution is 8.00. The lowest BCUT2D eigenvalue weighted by molar-refractivity contribution is 0.596. The monoisotopic (exact) mass is 270 g/mol. The zero-order valence-corrected chi connectivity index (χ0v) is 11.8. The van der Waals surface area contributed by atoms with Crippen LogP contribution >= 0.6 is 11.8 Å². The average Bonchev–Trinajstić information content (AvgIpc) is 2.30. The summed E-state index contributed by atoms with van der Waals surface area (Å²) in [5.41, 5.74) is 0. The highest BCUT2D eigenvalue weighted by Gasteiger charge is 2.25. The summed E-state index contributed by atoms with van der Waals surface area (Å²) in [5.74, 6) is 0.565. The molecule has 2 unspecified atom stereocenters. The molecular formula is C12H19FN4S. The Morgan fingerprint density at radius 2 is 2.11 bits per heavy atom. The molecule has 0 aliphatic carbocycles. The normalized spacial score (nSPS) is 24.1. The molecule has 1 aliphatic heterocycles. The molecule has 0 bridgehead atoms. The Morgan fingerprint density at radius 1 is 1.44 bits per heavy atom. The van der Waals surface area contributed by atoms with E-state index >= 15 is 0 Å². The van der Waals surface area contributed by atoms with Gasteiger partial charge < -0.3 is 10.2 Å². The molecule has 1 N–H and O–H groups in total. The molecule has 6 heteroatoms. The number of aromatic nitrogens is 2. The van der Waals surface area contributed by atoms with Gasteiger partial charge in [-0.3, -0.25) is 0 Å². The molecular weight excluding hydrogens is 251 g/mol.